The zero-order chi connectivity index (χ0) is 13.7. The highest BCUT2D eigenvalue weighted by atomic mass is 32.2. The molecule has 3 nitrogen and oxygen atoms in total. The third kappa shape index (κ3) is 4.38. The van der Waals surface area contributed by atoms with E-state index in [1.54, 1.807) is 0 Å². The van der Waals surface area contributed by atoms with Gasteiger partial charge < -0.3 is 10.1 Å². The lowest BCUT2D eigenvalue weighted by Gasteiger charge is -2.32. The maximum atomic E-state index is 11.4. The molecule has 0 aromatic carbocycles. The van der Waals surface area contributed by atoms with Crippen molar-refractivity contribution in [3.05, 3.63) is 0 Å². The molecule has 0 saturated heterocycles. The van der Waals surface area contributed by atoms with Crippen LogP contribution < -0.4 is 5.32 Å². The Morgan fingerprint density at radius 2 is 2.11 bits per heavy atom. The number of carbonyl (C=O) groups excluding carboxylic acids is 1. The molecule has 0 radical (unpaired) electrons. The second-order valence-corrected chi connectivity index (χ2v) is 7.28. The fraction of sp³-hybridized carbons (Fsp3) is 0.933. The molecule has 2 rings (SSSR count). The number of methoxy groups -OCH3 is 1. The van der Waals surface area contributed by atoms with Gasteiger partial charge in [0.1, 0.15) is 0 Å². The van der Waals surface area contributed by atoms with E-state index < -0.39 is 0 Å². The van der Waals surface area contributed by atoms with Crippen LogP contribution in [-0.2, 0) is 9.53 Å². The van der Waals surface area contributed by atoms with E-state index in [0.717, 1.165) is 17.5 Å². The summed E-state index contributed by atoms with van der Waals surface area (Å²) in [5, 5.41) is 4.37. The highest BCUT2D eigenvalue weighted by molar-refractivity contribution is 8.00. The minimum absolute atomic E-state index is 0.0371. The minimum Gasteiger partial charge on any atom is -0.469 e. The van der Waals surface area contributed by atoms with Crippen molar-refractivity contribution in [3.63, 3.8) is 0 Å². The van der Waals surface area contributed by atoms with Crippen LogP contribution in [0.4, 0.5) is 0 Å². The van der Waals surface area contributed by atoms with E-state index in [1.807, 2.05) is 0 Å². The molecule has 0 spiro atoms. The molecule has 0 aromatic heterocycles. The molecule has 2 saturated carbocycles. The van der Waals surface area contributed by atoms with Crippen LogP contribution in [0.15, 0.2) is 0 Å². The molecule has 0 heterocycles. The zero-order valence-corrected chi connectivity index (χ0v) is 13.1. The lowest BCUT2D eigenvalue weighted by atomic mass is 9.95. The summed E-state index contributed by atoms with van der Waals surface area (Å²) < 4.78 is 4.82. The Balaban J connectivity index is 1.78. The van der Waals surface area contributed by atoms with Gasteiger partial charge >= 0.3 is 5.97 Å². The second-order valence-electron chi connectivity index (χ2n) is 6.05. The standard InChI is InChI=1S/C15H27NO2S/c1-3-16-12-6-4-5-7-13(12)19-11-15(8-9-15)10-14(17)18-2/h12-13,16H,3-11H2,1-2H3. The van der Waals surface area contributed by atoms with Crippen LogP contribution in [0, 0.1) is 5.41 Å². The van der Waals surface area contributed by atoms with Gasteiger partial charge in [-0.15, -0.1) is 0 Å². The molecule has 1 N–H and O–H groups in total. The van der Waals surface area contributed by atoms with Crippen molar-refractivity contribution in [1.82, 2.24) is 5.32 Å². The summed E-state index contributed by atoms with van der Waals surface area (Å²) in [6, 6.07) is 0.678. The van der Waals surface area contributed by atoms with Crippen molar-refractivity contribution in [2.45, 2.75) is 63.2 Å². The van der Waals surface area contributed by atoms with Gasteiger partial charge in [0.2, 0.25) is 0 Å². The maximum absolute atomic E-state index is 11.4. The first-order valence-electron chi connectivity index (χ1n) is 7.61. The van der Waals surface area contributed by atoms with Gasteiger partial charge in [0.15, 0.2) is 0 Å². The summed E-state index contributed by atoms with van der Waals surface area (Å²) in [7, 11) is 1.49. The minimum atomic E-state index is -0.0371. The van der Waals surface area contributed by atoms with E-state index in [0.29, 0.717) is 12.5 Å². The average molecular weight is 285 g/mol. The number of esters is 1. The summed E-state index contributed by atoms with van der Waals surface area (Å²) in [4.78, 5) is 11.4. The van der Waals surface area contributed by atoms with Gasteiger partial charge in [-0.2, -0.15) is 11.8 Å². The topological polar surface area (TPSA) is 38.3 Å². The molecule has 0 bridgehead atoms. The first kappa shape index (κ1) is 15.2. The molecule has 0 amide bonds. The second kappa shape index (κ2) is 6.98. The normalized spacial score (nSPS) is 28.9. The van der Waals surface area contributed by atoms with Crippen molar-refractivity contribution in [1.29, 1.82) is 0 Å². The van der Waals surface area contributed by atoms with Gasteiger partial charge in [0.25, 0.3) is 0 Å². The Morgan fingerprint density at radius 1 is 1.37 bits per heavy atom. The number of ether oxygens (including phenoxy) is 1. The summed E-state index contributed by atoms with van der Waals surface area (Å²) in [5.41, 5.74) is 0.270. The molecule has 110 valence electrons. The van der Waals surface area contributed by atoms with Gasteiger partial charge in [-0.1, -0.05) is 19.8 Å². The average Bonchev–Trinajstić information content (AvgIpc) is 3.18. The molecule has 2 unspecified atom stereocenters. The van der Waals surface area contributed by atoms with Crippen LogP contribution in [-0.4, -0.2) is 36.7 Å². The molecule has 2 aliphatic rings. The van der Waals surface area contributed by atoms with Gasteiger partial charge in [-0.05, 0) is 43.4 Å². The van der Waals surface area contributed by atoms with E-state index in [2.05, 4.69) is 24.0 Å². The number of hydrogen-bond donors (Lipinski definition) is 1. The molecule has 2 atom stereocenters. The van der Waals surface area contributed by atoms with E-state index in [9.17, 15) is 4.79 Å². The molecule has 19 heavy (non-hydrogen) atoms. The number of carbonyl (C=O) groups is 1. The third-order valence-corrected chi connectivity index (χ3v) is 6.25. The molecule has 0 aromatic rings. The van der Waals surface area contributed by atoms with Crippen molar-refractivity contribution < 1.29 is 9.53 Å². The van der Waals surface area contributed by atoms with Crippen LogP contribution in [0.5, 0.6) is 0 Å². The Hall–Kier alpha value is -0.220. The fourth-order valence-corrected chi connectivity index (χ4v) is 4.76. The smallest absolute Gasteiger partial charge is 0.306 e. The number of rotatable bonds is 7. The Labute approximate surface area is 121 Å². The summed E-state index contributed by atoms with van der Waals surface area (Å²) >= 11 is 2.10. The molecular formula is C15H27NO2S. The molecule has 2 fully saturated rings. The highest BCUT2D eigenvalue weighted by Crippen LogP contribution is 2.52. The quantitative estimate of drug-likeness (QED) is 0.730. The largest absolute Gasteiger partial charge is 0.469 e. The number of hydrogen-bond acceptors (Lipinski definition) is 4. The van der Waals surface area contributed by atoms with Crippen LogP contribution in [0.3, 0.4) is 0 Å². The maximum Gasteiger partial charge on any atom is 0.306 e. The van der Waals surface area contributed by atoms with Gasteiger partial charge in [-0.25, -0.2) is 0 Å². The predicted molar refractivity (Wildman–Crippen MR) is 80.5 cm³/mol. The lowest BCUT2D eigenvalue weighted by Crippen LogP contribution is -2.40. The third-order valence-electron chi connectivity index (χ3n) is 4.48. The lowest BCUT2D eigenvalue weighted by molar-refractivity contribution is -0.141. The first-order chi connectivity index (χ1) is 9.19. The van der Waals surface area contributed by atoms with Crippen LogP contribution >= 0.6 is 11.8 Å². The summed E-state index contributed by atoms with van der Waals surface area (Å²) in [6.45, 7) is 3.25. The Morgan fingerprint density at radius 3 is 2.74 bits per heavy atom. The summed E-state index contributed by atoms with van der Waals surface area (Å²) in [6.07, 6.45) is 8.40. The molecule has 0 aliphatic heterocycles. The monoisotopic (exact) mass is 285 g/mol. The summed E-state index contributed by atoms with van der Waals surface area (Å²) in [5.74, 6) is 1.10. The van der Waals surface area contributed by atoms with Crippen LogP contribution in [0.2, 0.25) is 0 Å². The highest BCUT2D eigenvalue weighted by Gasteiger charge is 2.45. The Kier molecular flexibility index (Phi) is 5.58. The van der Waals surface area contributed by atoms with Gasteiger partial charge in [-0.3, -0.25) is 4.79 Å². The van der Waals surface area contributed by atoms with E-state index in [4.69, 9.17) is 4.74 Å². The van der Waals surface area contributed by atoms with E-state index in [1.165, 1.54) is 45.6 Å². The van der Waals surface area contributed by atoms with Crippen molar-refractivity contribution in [2.24, 2.45) is 5.41 Å². The van der Waals surface area contributed by atoms with Crippen molar-refractivity contribution in [3.8, 4) is 0 Å². The van der Waals surface area contributed by atoms with Crippen LogP contribution in [0.1, 0.15) is 51.9 Å². The van der Waals surface area contributed by atoms with E-state index >= 15 is 0 Å². The SMILES string of the molecule is CCNC1CCCCC1SCC1(CC(=O)OC)CC1. The van der Waals surface area contributed by atoms with Crippen molar-refractivity contribution >= 4 is 17.7 Å². The van der Waals surface area contributed by atoms with Crippen LogP contribution in [0.25, 0.3) is 0 Å². The Bertz CT molecular complexity index is 303. The predicted octanol–water partition coefficient (Wildman–Crippen LogP) is 2.98. The van der Waals surface area contributed by atoms with Gasteiger partial charge in [0.05, 0.1) is 13.5 Å². The van der Waals surface area contributed by atoms with Crippen molar-refractivity contribution in [2.75, 3.05) is 19.4 Å². The zero-order valence-electron chi connectivity index (χ0n) is 12.2. The molecular weight excluding hydrogens is 258 g/mol. The first-order valence-corrected chi connectivity index (χ1v) is 8.66. The number of thioether (sulfide) groups is 1. The number of nitrogens with one attached hydrogen (secondary N) is 1. The van der Waals surface area contributed by atoms with E-state index in [-0.39, 0.29) is 11.4 Å². The molecule has 2 aliphatic carbocycles. The van der Waals surface area contributed by atoms with Gasteiger partial charge in [0, 0.05) is 11.3 Å². The molecule has 4 heteroatoms. The fourth-order valence-electron chi connectivity index (χ4n) is 3.00.